The number of aromatic nitrogens is 2. The van der Waals surface area contributed by atoms with Gasteiger partial charge >= 0.3 is 0 Å². The molecule has 6 nitrogen and oxygen atoms in total. The average molecular weight is 381 g/mol. The number of carbonyl (C=O) groups is 1. The molecule has 1 atom stereocenters. The summed E-state index contributed by atoms with van der Waals surface area (Å²) in [5, 5.41) is 6.78. The topological polar surface area (TPSA) is 73.2 Å². The zero-order valence-electron chi connectivity index (χ0n) is 15.3. The van der Waals surface area contributed by atoms with E-state index in [-0.39, 0.29) is 24.4 Å². The number of halogens is 1. The van der Waals surface area contributed by atoms with E-state index in [1.54, 1.807) is 25.1 Å². The summed E-state index contributed by atoms with van der Waals surface area (Å²) < 4.78 is 20.6. The Balaban J connectivity index is 1.65. The summed E-state index contributed by atoms with van der Waals surface area (Å²) >= 11 is 0. The third-order valence-corrected chi connectivity index (χ3v) is 4.13. The Bertz CT molecular complexity index is 1010. The van der Waals surface area contributed by atoms with Crippen LogP contribution in [0.2, 0.25) is 0 Å². The number of carbonyl (C=O) groups excluding carboxylic acids is 1. The van der Waals surface area contributed by atoms with Crippen LogP contribution < -0.4 is 15.6 Å². The number of ether oxygens (including phenoxy) is 1. The summed E-state index contributed by atoms with van der Waals surface area (Å²) in [5.74, 6) is -0.206. The number of rotatable bonds is 7. The van der Waals surface area contributed by atoms with E-state index in [9.17, 15) is 14.0 Å². The van der Waals surface area contributed by atoms with Crippen molar-refractivity contribution in [3.63, 3.8) is 0 Å². The molecule has 0 unspecified atom stereocenters. The van der Waals surface area contributed by atoms with Gasteiger partial charge in [0.05, 0.1) is 12.6 Å². The number of nitrogens with zero attached hydrogens (tertiary/aromatic N) is 2. The highest BCUT2D eigenvalue weighted by Gasteiger charge is 2.16. The zero-order chi connectivity index (χ0) is 19.9. The van der Waals surface area contributed by atoms with Gasteiger partial charge in [0.2, 0.25) is 0 Å². The molecule has 2 aromatic carbocycles. The second-order valence-electron chi connectivity index (χ2n) is 6.16. The van der Waals surface area contributed by atoms with Gasteiger partial charge in [0.25, 0.3) is 11.5 Å². The number of hydrogen-bond donors (Lipinski definition) is 1. The minimum Gasteiger partial charge on any atom is -0.492 e. The van der Waals surface area contributed by atoms with Gasteiger partial charge in [-0.3, -0.25) is 9.59 Å². The van der Waals surface area contributed by atoms with Gasteiger partial charge in [-0.05, 0) is 31.2 Å². The van der Waals surface area contributed by atoms with E-state index in [1.807, 2.05) is 30.3 Å². The second kappa shape index (κ2) is 8.94. The molecule has 3 rings (SSSR count). The number of benzene rings is 2. The van der Waals surface area contributed by atoms with E-state index >= 15 is 0 Å². The Morgan fingerprint density at radius 2 is 1.82 bits per heavy atom. The average Bonchev–Trinajstić information content (AvgIpc) is 2.70. The maximum Gasteiger partial charge on any atom is 0.272 e. The number of nitrogens with one attached hydrogen (secondary N) is 1. The minimum atomic E-state index is -0.544. The van der Waals surface area contributed by atoms with Crippen molar-refractivity contribution in [1.82, 2.24) is 15.1 Å². The highest BCUT2D eigenvalue weighted by atomic mass is 19.1. The van der Waals surface area contributed by atoms with Crippen molar-refractivity contribution in [1.29, 1.82) is 0 Å². The lowest BCUT2D eigenvalue weighted by molar-refractivity contribution is 0.0931. The van der Waals surface area contributed by atoms with Crippen LogP contribution in [-0.2, 0) is 6.54 Å². The highest BCUT2D eigenvalue weighted by molar-refractivity contribution is 5.92. The molecule has 0 saturated heterocycles. The largest absolute Gasteiger partial charge is 0.492 e. The molecule has 0 saturated carbocycles. The molecule has 0 radical (unpaired) electrons. The van der Waals surface area contributed by atoms with Crippen LogP contribution in [0.15, 0.2) is 71.5 Å². The third-order valence-electron chi connectivity index (χ3n) is 4.13. The van der Waals surface area contributed by atoms with Crippen molar-refractivity contribution < 1.29 is 13.9 Å². The normalized spacial score (nSPS) is 11.6. The fourth-order valence-electron chi connectivity index (χ4n) is 2.67. The molecule has 7 heteroatoms. The molecular formula is C21H20FN3O3. The first-order valence-electron chi connectivity index (χ1n) is 8.86. The predicted octanol–water partition coefficient (Wildman–Crippen LogP) is 2.95. The summed E-state index contributed by atoms with van der Waals surface area (Å²) in [5.41, 5.74) is 0.110. The molecule has 0 aliphatic carbocycles. The molecule has 1 heterocycles. The number of para-hydroxylation sites is 1. The number of amides is 1. The lowest BCUT2D eigenvalue weighted by Gasteiger charge is -2.15. The van der Waals surface area contributed by atoms with Crippen molar-refractivity contribution in [3.8, 4) is 5.75 Å². The highest BCUT2D eigenvalue weighted by Crippen LogP contribution is 2.16. The standard InChI is InChI=1S/C21H20FN3O3/c1-15(17-9-5-6-10-18(17)22)23-21(27)19-11-12-20(26)25(24-19)13-14-28-16-7-3-2-4-8-16/h2-12,15H,13-14H2,1H3,(H,23,27)/t15-/m0/s1. The van der Waals surface area contributed by atoms with Gasteiger partial charge in [-0.2, -0.15) is 5.10 Å². The van der Waals surface area contributed by atoms with Crippen molar-refractivity contribution in [2.24, 2.45) is 0 Å². The summed E-state index contributed by atoms with van der Waals surface area (Å²) in [7, 11) is 0. The monoisotopic (exact) mass is 381 g/mol. The lowest BCUT2D eigenvalue weighted by Crippen LogP contribution is -2.32. The maximum atomic E-state index is 13.9. The Hall–Kier alpha value is -3.48. The summed E-state index contributed by atoms with van der Waals surface area (Å²) in [4.78, 5) is 24.4. The smallest absolute Gasteiger partial charge is 0.272 e. The quantitative estimate of drug-likeness (QED) is 0.683. The molecule has 28 heavy (non-hydrogen) atoms. The van der Waals surface area contributed by atoms with Gasteiger partial charge in [0.1, 0.15) is 23.9 Å². The van der Waals surface area contributed by atoms with Crippen molar-refractivity contribution in [2.75, 3.05) is 6.61 Å². The number of hydrogen-bond acceptors (Lipinski definition) is 4. The lowest BCUT2D eigenvalue weighted by atomic mass is 10.1. The van der Waals surface area contributed by atoms with Gasteiger partial charge in [-0.25, -0.2) is 9.07 Å². The molecular weight excluding hydrogens is 361 g/mol. The van der Waals surface area contributed by atoms with E-state index in [2.05, 4.69) is 10.4 Å². The molecule has 0 aliphatic rings. The fourth-order valence-corrected chi connectivity index (χ4v) is 2.67. The van der Waals surface area contributed by atoms with Gasteiger partial charge < -0.3 is 10.1 Å². The Kier molecular flexibility index (Phi) is 6.16. The predicted molar refractivity (Wildman–Crippen MR) is 103 cm³/mol. The second-order valence-corrected chi connectivity index (χ2v) is 6.16. The van der Waals surface area contributed by atoms with Crippen LogP contribution in [0.4, 0.5) is 4.39 Å². The SMILES string of the molecule is C[C@H](NC(=O)c1ccc(=O)n(CCOc2ccccc2)n1)c1ccccc1F. The zero-order valence-corrected chi connectivity index (χ0v) is 15.3. The Labute approximate surface area is 161 Å². The summed E-state index contributed by atoms with van der Waals surface area (Å²) in [6, 6.07) is 17.5. The van der Waals surface area contributed by atoms with Crippen molar-refractivity contribution in [2.45, 2.75) is 19.5 Å². The van der Waals surface area contributed by atoms with Gasteiger partial charge in [0.15, 0.2) is 0 Å². The van der Waals surface area contributed by atoms with E-state index in [0.717, 1.165) is 0 Å². The molecule has 0 aliphatic heterocycles. The fraction of sp³-hybridized carbons (Fsp3) is 0.190. The minimum absolute atomic E-state index is 0.0718. The van der Waals surface area contributed by atoms with Crippen LogP contribution in [0.1, 0.15) is 29.0 Å². The van der Waals surface area contributed by atoms with E-state index < -0.39 is 17.8 Å². The first-order valence-corrected chi connectivity index (χ1v) is 8.86. The van der Waals surface area contributed by atoms with Crippen LogP contribution >= 0.6 is 0 Å². The Morgan fingerprint density at radius 1 is 1.11 bits per heavy atom. The molecule has 1 N–H and O–H groups in total. The maximum absolute atomic E-state index is 13.9. The van der Waals surface area contributed by atoms with E-state index in [1.165, 1.54) is 22.9 Å². The van der Waals surface area contributed by atoms with Gasteiger partial charge in [-0.15, -0.1) is 0 Å². The Morgan fingerprint density at radius 3 is 2.57 bits per heavy atom. The van der Waals surface area contributed by atoms with Crippen LogP contribution in [0.3, 0.4) is 0 Å². The molecule has 144 valence electrons. The van der Waals surface area contributed by atoms with Crippen molar-refractivity contribution >= 4 is 5.91 Å². The summed E-state index contributed by atoms with van der Waals surface area (Å²) in [6.45, 7) is 2.10. The van der Waals surface area contributed by atoms with Crippen LogP contribution in [0.5, 0.6) is 5.75 Å². The first kappa shape index (κ1) is 19.3. The molecule has 0 fully saturated rings. The van der Waals surface area contributed by atoms with Gasteiger partial charge in [0, 0.05) is 11.6 Å². The molecule has 0 bridgehead atoms. The van der Waals surface area contributed by atoms with Crippen molar-refractivity contribution in [3.05, 3.63) is 94.2 Å². The summed E-state index contributed by atoms with van der Waals surface area (Å²) in [6.07, 6.45) is 0. The first-order chi connectivity index (χ1) is 13.5. The molecule has 3 aromatic rings. The van der Waals surface area contributed by atoms with E-state index in [4.69, 9.17) is 4.74 Å². The van der Waals surface area contributed by atoms with Crippen LogP contribution in [0.25, 0.3) is 0 Å². The molecule has 1 amide bonds. The molecule has 0 spiro atoms. The third kappa shape index (κ3) is 4.82. The molecule has 1 aromatic heterocycles. The van der Waals surface area contributed by atoms with Gasteiger partial charge in [-0.1, -0.05) is 36.4 Å². The van der Waals surface area contributed by atoms with E-state index in [0.29, 0.717) is 11.3 Å². The van der Waals surface area contributed by atoms with Crippen LogP contribution in [0, 0.1) is 5.82 Å². The van der Waals surface area contributed by atoms with Crippen LogP contribution in [-0.4, -0.2) is 22.3 Å².